The number of amides is 3. The second kappa shape index (κ2) is 15.8. The van der Waals surface area contributed by atoms with Gasteiger partial charge in [0.15, 0.2) is 0 Å². The van der Waals surface area contributed by atoms with Crippen LogP contribution in [0.15, 0.2) is 35.0 Å². The summed E-state index contributed by atoms with van der Waals surface area (Å²) in [5.74, 6) is -0.379. The monoisotopic (exact) mass is 562 g/mol. The number of likely N-dealkylation sites (tertiary alicyclic amines) is 1. The molecule has 1 aliphatic rings. The minimum absolute atomic E-state index is 0.0123. The summed E-state index contributed by atoms with van der Waals surface area (Å²) in [5, 5.41) is 24.3. The average Bonchev–Trinajstić information content (AvgIpc) is 3.23. The van der Waals surface area contributed by atoms with Gasteiger partial charge in [-0.1, -0.05) is 58.9 Å². The van der Waals surface area contributed by atoms with Gasteiger partial charge in [-0.3, -0.25) is 19.4 Å². The van der Waals surface area contributed by atoms with Crippen LogP contribution in [0.25, 0.3) is 4.91 Å². The van der Waals surface area contributed by atoms with Gasteiger partial charge in [0.25, 0.3) is 0 Å². The number of aliphatic hydroxyl groups excluding tert-OH is 2. The second-order valence-electron chi connectivity index (χ2n) is 11.1. The lowest BCUT2D eigenvalue weighted by molar-refractivity contribution is -0.140. The Labute approximate surface area is 237 Å². The third-order valence-corrected chi connectivity index (χ3v) is 7.50. The van der Waals surface area contributed by atoms with Crippen LogP contribution in [0.4, 0.5) is 0 Å². The van der Waals surface area contributed by atoms with Gasteiger partial charge in [0.2, 0.25) is 18.2 Å². The maximum absolute atomic E-state index is 12.7. The van der Waals surface area contributed by atoms with E-state index in [1.165, 1.54) is 0 Å². The third-order valence-electron chi connectivity index (χ3n) is 6.56. The number of carbonyl (C=O) groups is 3. The van der Waals surface area contributed by atoms with Crippen LogP contribution in [-0.4, -0.2) is 77.6 Å². The van der Waals surface area contributed by atoms with Crippen molar-refractivity contribution in [1.29, 1.82) is 0 Å². The summed E-state index contributed by atoms with van der Waals surface area (Å²) in [6.45, 7) is 17.0. The number of nitrogens with one attached hydrogen (secondary N) is 2. The normalized spacial score (nSPS) is 19.3. The first-order valence-corrected chi connectivity index (χ1v) is 14.4. The van der Waals surface area contributed by atoms with Crippen molar-refractivity contribution in [2.24, 2.45) is 16.3 Å². The van der Waals surface area contributed by atoms with Gasteiger partial charge in [-0.05, 0) is 49.8 Å². The molecule has 3 amide bonds. The summed E-state index contributed by atoms with van der Waals surface area (Å²) in [6.07, 6.45) is 2.71. The quantitative estimate of drug-likeness (QED) is 0.255. The molecule has 4 N–H and O–H groups in total. The molecule has 0 aromatic heterocycles. The van der Waals surface area contributed by atoms with E-state index in [1.54, 1.807) is 16.7 Å². The number of hydrogen-bond donors (Lipinski definition) is 4. The molecule has 4 atom stereocenters. The molecule has 4 unspecified atom stereocenters. The van der Waals surface area contributed by atoms with Gasteiger partial charge in [0.1, 0.15) is 6.04 Å². The van der Waals surface area contributed by atoms with Crippen LogP contribution >= 0.6 is 11.8 Å². The highest BCUT2D eigenvalue weighted by Gasteiger charge is 2.40. The Bertz CT molecular complexity index is 1000. The van der Waals surface area contributed by atoms with E-state index in [2.05, 4.69) is 22.3 Å². The van der Waals surface area contributed by atoms with Gasteiger partial charge < -0.3 is 25.7 Å². The number of thioether (sulfide) groups is 1. The molecule has 9 nitrogen and oxygen atoms in total. The number of carbonyl (C=O) groups excluding carboxylic acids is 3. The van der Waals surface area contributed by atoms with Gasteiger partial charge in [0.05, 0.1) is 24.4 Å². The first kappa shape index (κ1) is 34.3. The van der Waals surface area contributed by atoms with Crippen LogP contribution in [0, 0.1) is 11.3 Å². The Balaban J connectivity index is 0.000000391. The molecule has 1 aromatic rings. The highest BCUT2D eigenvalue weighted by Crippen LogP contribution is 2.30. The standard InChI is InChI=1S/C15H28N2O3.C14H18N2O2S/c1-9(2)13(19)16-12(15(4,5)6)14(20)17-8-11(18)7-10(17)3;1-10(15-2)14(19-3)12-6-4-11(5-7-12)13(8-17)16-9-18/h9-12,18H,7-8H2,1-6H3,(H,16,19);4-7,9,13,17H,2,8H2,1,3H3,(H,16,18)/b;14-10-. The minimum Gasteiger partial charge on any atom is -0.394 e. The number of hydrogen-bond acceptors (Lipinski definition) is 7. The maximum atomic E-state index is 12.7. The number of β-amino-alcohol motifs (C(OH)–C–C–N with tert-alkyl or cyclic N) is 1. The molecule has 0 spiro atoms. The molecule has 0 radical (unpaired) electrons. The van der Waals surface area contributed by atoms with E-state index < -0.39 is 12.1 Å². The van der Waals surface area contributed by atoms with Gasteiger partial charge >= 0.3 is 0 Å². The fourth-order valence-corrected chi connectivity index (χ4v) is 4.91. The highest BCUT2D eigenvalue weighted by atomic mass is 32.2. The molecule has 39 heavy (non-hydrogen) atoms. The summed E-state index contributed by atoms with van der Waals surface area (Å²) in [5.41, 5.74) is 2.42. The lowest BCUT2D eigenvalue weighted by Crippen LogP contribution is -2.56. The van der Waals surface area contributed by atoms with Crippen LogP contribution in [0.1, 0.15) is 72.1 Å². The lowest BCUT2D eigenvalue weighted by atomic mass is 9.85. The molecule has 1 heterocycles. The lowest BCUT2D eigenvalue weighted by Gasteiger charge is -2.35. The summed E-state index contributed by atoms with van der Waals surface area (Å²) in [6, 6.07) is 6.75. The first-order chi connectivity index (χ1) is 18.2. The van der Waals surface area contributed by atoms with E-state index in [0.717, 1.165) is 21.7 Å². The largest absolute Gasteiger partial charge is 0.394 e. The Morgan fingerprint density at radius 3 is 2.23 bits per heavy atom. The molecule has 2 rings (SSSR count). The average molecular weight is 563 g/mol. The number of rotatable bonds is 10. The molecule has 1 saturated heterocycles. The molecule has 0 bridgehead atoms. The highest BCUT2D eigenvalue weighted by molar-refractivity contribution is 8.07. The summed E-state index contributed by atoms with van der Waals surface area (Å²) < 4.78 is 0. The predicted molar refractivity (Wildman–Crippen MR) is 159 cm³/mol. The zero-order chi connectivity index (χ0) is 29.9. The molecule has 1 aromatic carbocycles. The van der Waals surface area contributed by atoms with Crippen molar-refractivity contribution in [2.75, 3.05) is 19.4 Å². The van der Waals surface area contributed by atoms with E-state index in [-0.39, 0.29) is 41.8 Å². The summed E-state index contributed by atoms with van der Waals surface area (Å²) in [7, 11) is 0. The number of nitrogens with zero attached hydrogens (tertiary/aromatic N) is 2. The Kier molecular flexibility index (Phi) is 13.9. The van der Waals surface area contributed by atoms with Crippen molar-refractivity contribution in [3.05, 3.63) is 41.1 Å². The number of aliphatic hydroxyl groups is 2. The minimum atomic E-state index is -0.565. The first-order valence-electron chi connectivity index (χ1n) is 13.1. The summed E-state index contributed by atoms with van der Waals surface area (Å²) >= 11 is 1.61. The molecular formula is C29H46N4O5S. The fraction of sp³-hybridized carbons (Fsp3) is 0.586. The van der Waals surface area contributed by atoms with Gasteiger partial charge in [-0.2, -0.15) is 0 Å². The maximum Gasteiger partial charge on any atom is 0.246 e. The van der Waals surface area contributed by atoms with Crippen molar-refractivity contribution in [3.63, 3.8) is 0 Å². The van der Waals surface area contributed by atoms with E-state index in [0.29, 0.717) is 19.4 Å². The van der Waals surface area contributed by atoms with Gasteiger partial charge in [-0.15, -0.1) is 11.8 Å². The van der Waals surface area contributed by atoms with Gasteiger partial charge in [0, 0.05) is 23.4 Å². The number of benzene rings is 1. The zero-order valence-corrected chi connectivity index (χ0v) is 25.3. The van der Waals surface area contributed by atoms with Crippen LogP contribution in [0.5, 0.6) is 0 Å². The molecular weight excluding hydrogens is 516 g/mol. The van der Waals surface area contributed by atoms with Crippen LogP contribution in [-0.2, 0) is 14.4 Å². The molecule has 218 valence electrons. The van der Waals surface area contributed by atoms with Crippen molar-refractivity contribution in [1.82, 2.24) is 15.5 Å². The predicted octanol–water partition coefficient (Wildman–Crippen LogP) is 3.37. The summed E-state index contributed by atoms with van der Waals surface area (Å²) in [4.78, 5) is 41.8. The molecule has 10 heteroatoms. The van der Waals surface area contributed by atoms with E-state index in [4.69, 9.17) is 0 Å². The van der Waals surface area contributed by atoms with Crippen molar-refractivity contribution in [2.45, 2.75) is 79.1 Å². The zero-order valence-electron chi connectivity index (χ0n) is 24.5. The Morgan fingerprint density at radius 2 is 1.85 bits per heavy atom. The molecule has 0 aliphatic carbocycles. The molecule has 0 saturated carbocycles. The second-order valence-corrected chi connectivity index (χ2v) is 11.9. The SMILES string of the molecule is C=N/C(C)=C(\SC)c1ccc(C(CO)NC=O)cc1.CC(C)C(=O)NC(C(=O)N1CC(O)CC1C)C(C)(C)C. The number of allylic oxidation sites excluding steroid dienone is 1. The Morgan fingerprint density at radius 1 is 1.26 bits per heavy atom. The molecule has 1 fully saturated rings. The number of aliphatic imine (C=N–C) groups is 1. The third kappa shape index (κ3) is 10.1. The van der Waals surface area contributed by atoms with Crippen molar-refractivity contribution < 1.29 is 24.6 Å². The Hall–Kier alpha value is -2.69. The van der Waals surface area contributed by atoms with Crippen LogP contribution in [0.2, 0.25) is 0 Å². The molecule has 1 aliphatic heterocycles. The van der Waals surface area contributed by atoms with Crippen LogP contribution in [0.3, 0.4) is 0 Å². The fourth-order valence-electron chi connectivity index (χ4n) is 4.18. The van der Waals surface area contributed by atoms with Gasteiger partial charge in [-0.25, -0.2) is 0 Å². The van der Waals surface area contributed by atoms with E-state index >= 15 is 0 Å². The van der Waals surface area contributed by atoms with Crippen LogP contribution < -0.4 is 10.6 Å². The van der Waals surface area contributed by atoms with E-state index in [1.807, 2.05) is 79.0 Å². The van der Waals surface area contributed by atoms with Crippen molar-refractivity contribution in [3.8, 4) is 0 Å². The van der Waals surface area contributed by atoms with Crippen molar-refractivity contribution >= 4 is 41.6 Å². The van der Waals surface area contributed by atoms with E-state index in [9.17, 15) is 24.6 Å². The topological polar surface area (TPSA) is 131 Å². The smallest absolute Gasteiger partial charge is 0.246 e.